The van der Waals surface area contributed by atoms with Gasteiger partial charge in [0, 0.05) is 59.8 Å². The van der Waals surface area contributed by atoms with E-state index in [9.17, 15) is 18.0 Å². The van der Waals surface area contributed by atoms with Gasteiger partial charge in [0.2, 0.25) is 0 Å². The van der Waals surface area contributed by atoms with Gasteiger partial charge in [-0.1, -0.05) is 12.1 Å². The third-order valence-corrected chi connectivity index (χ3v) is 6.73. The molecule has 0 spiro atoms. The second-order valence-electron chi connectivity index (χ2n) is 9.30. The number of alkyl halides is 3. The average Bonchev–Trinajstić information content (AvgIpc) is 3.64. The minimum Gasteiger partial charge on any atom is -0.384 e. The van der Waals surface area contributed by atoms with Crippen molar-refractivity contribution in [2.75, 3.05) is 17.2 Å². The summed E-state index contributed by atoms with van der Waals surface area (Å²) in [6, 6.07) is 13.0. The van der Waals surface area contributed by atoms with Gasteiger partial charge in [0.25, 0.3) is 5.91 Å². The number of nitrogens with one attached hydrogen (secondary N) is 2. The predicted octanol–water partition coefficient (Wildman–Crippen LogP) is 5.66. The first-order chi connectivity index (χ1) is 18.3. The number of aromatic nitrogens is 4. The molecule has 1 aliphatic rings. The summed E-state index contributed by atoms with van der Waals surface area (Å²) in [5, 5.41) is 6.01. The molecule has 1 amide bonds. The van der Waals surface area contributed by atoms with Crippen molar-refractivity contribution < 1.29 is 18.0 Å². The van der Waals surface area contributed by atoms with Gasteiger partial charge in [-0.05, 0) is 55.3 Å². The Kier molecular flexibility index (Phi) is 5.67. The number of fused-ring (bicyclic) bond motifs is 2. The molecule has 0 bridgehead atoms. The SMILES string of the molecule is Cc1cn(-c2cc(C(F)(F)F)cc(NC(=O)c3ccc4c(c3)NCC4)c2Cc2cnc3ccccn23)cn1. The molecule has 0 saturated carbocycles. The Hall–Kier alpha value is -4.60. The molecule has 2 N–H and O–H groups in total. The topological polar surface area (TPSA) is 76.2 Å². The molecule has 0 radical (unpaired) electrons. The number of aryl methyl sites for hydroxylation is 1. The van der Waals surface area contributed by atoms with Gasteiger partial charge in [-0.15, -0.1) is 0 Å². The third-order valence-electron chi connectivity index (χ3n) is 6.73. The fourth-order valence-electron chi connectivity index (χ4n) is 4.82. The molecule has 2 aromatic carbocycles. The molecule has 0 atom stereocenters. The monoisotopic (exact) mass is 516 g/mol. The summed E-state index contributed by atoms with van der Waals surface area (Å²) >= 11 is 0. The molecule has 3 aromatic heterocycles. The fraction of sp³-hybridized carbons (Fsp3) is 0.179. The van der Waals surface area contributed by atoms with Crippen molar-refractivity contribution in [2.24, 2.45) is 0 Å². The van der Waals surface area contributed by atoms with Crippen LogP contribution >= 0.6 is 0 Å². The molecule has 0 unspecified atom stereocenters. The van der Waals surface area contributed by atoms with Crippen molar-refractivity contribution in [2.45, 2.75) is 25.9 Å². The number of hydrogen-bond donors (Lipinski definition) is 2. The van der Waals surface area contributed by atoms with Crippen molar-refractivity contribution in [3.63, 3.8) is 0 Å². The number of carbonyl (C=O) groups is 1. The number of hydrogen-bond acceptors (Lipinski definition) is 4. The number of pyridine rings is 1. The van der Waals surface area contributed by atoms with E-state index in [1.807, 2.05) is 34.9 Å². The molecule has 0 fully saturated rings. The lowest BCUT2D eigenvalue weighted by Crippen LogP contribution is -2.17. The molecule has 6 rings (SSSR count). The van der Waals surface area contributed by atoms with Crippen molar-refractivity contribution in [3.8, 4) is 5.69 Å². The van der Waals surface area contributed by atoms with Gasteiger partial charge < -0.3 is 19.6 Å². The van der Waals surface area contributed by atoms with Crippen LogP contribution in [-0.4, -0.2) is 31.4 Å². The zero-order valence-corrected chi connectivity index (χ0v) is 20.4. The first-order valence-electron chi connectivity index (χ1n) is 12.1. The number of rotatable bonds is 5. The molecule has 1 aliphatic heterocycles. The van der Waals surface area contributed by atoms with E-state index in [1.54, 1.807) is 36.0 Å². The fourth-order valence-corrected chi connectivity index (χ4v) is 4.82. The molecular weight excluding hydrogens is 493 g/mol. The maximum atomic E-state index is 14.0. The number of anilines is 2. The minimum atomic E-state index is -4.62. The summed E-state index contributed by atoms with van der Waals surface area (Å²) in [4.78, 5) is 22.0. The average molecular weight is 517 g/mol. The maximum absolute atomic E-state index is 14.0. The van der Waals surface area contributed by atoms with Crippen molar-refractivity contribution in [1.82, 2.24) is 18.9 Å². The molecule has 0 aliphatic carbocycles. The third kappa shape index (κ3) is 4.38. The van der Waals surface area contributed by atoms with Crippen LogP contribution in [-0.2, 0) is 19.0 Å². The number of halogens is 3. The number of benzene rings is 2. The van der Waals surface area contributed by atoms with E-state index in [0.717, 1.165) is 42.0 Å². The largest absolute Gasteiger partial charge is 0.416 e. The smallest absolute Gasteiger partial charge is 0.384 e. The van der Waals surface area contributed by atoms with Crippen molar-refractivity contribution in [1.29, 1.82) is 0 Å². The Bertz CT molecular complexity index is 1680. The van der Waals surface area contributed by atoms with Crippen LogP contribution in [0.25, 0.3) is 11.3 Å². The molecule has 192 valence electrons. The Labute approximate surface area is 216 Å². The Morgan fingerprint density at radius 2 is 2.00 bits per heavy atom. The zero-order chi connectivity index (χ0) is 26.4. The summed E-state index contributed by atoms with van der Waals surface area (Å²) in [5.74, 6) is -0.493. The van der Waals surface area contributed by atoms with E-state index in [2.05, 4.69) is 20.6 Å². The lowest BCUT2D eigenvalue weighted by Gasteiger charge is -2.20. The Balaban J connectivity index is 1.50. The van der Waals surface area contributed by atoms with Gasteiger partial charge >= 0.3 is 6.18 Å². The van der Waals surface area contributed by atoms with Crippen LogP contribution in [0.15, 0.2) is 73.4 Å². The van der Waals surface area contributed by atoms with Crippen LogP contribution in [0.5, 0.6) is 0 Å². The summed E-state index contributed by atoms with van der Waals surface area (Å²) in [7, 11) is 0. The van der Waals surface area contributed by atoms with E-state index in [-0.39, 0.29) is 17.8 Å². The van der Waals surface area contributed by atoms with Crippen molar-refractivity contribution in [3.05, 3.63) is 107 Å². The molecule has 5 aromatic rings. The predicted molar refractivity (Wildman–Crippen MR) is 138 cm³/mol. The van der Waals surface area contributed by atoms with E-state index < -0.39 is 17.6 Å². The van der Waals surface area contributed by atoms with Gasteiger partial charge in [0.15, 0.2) is 0 Å². The van der Waals surface area contributed by atoms with Gasteiger partial charge in [0.1, 0.15) is 5.65 Å². The zero-order valence-electron chi connectivity index (χ0n) is 20.4. The van der Waals surface area contributed by atoms with Crippen LogP contribution in [0, 0.1) is 6.92 Å². The van der Waals surface area contributed by atoms with Gasteiger partial charge in [-0.25, -0.2) is 9.97 Å². The van der Waals surface area contributed by atoms with Gasteiger partial charge in [-0.2, -0.15) is 13.2 Å². The first kappa shape index (κ1) is 23.8. The molecule has 38 heavy (non-hydrogen) atoms. The molecule has 7 nitrogen and oxygen atoms in total. The standard InChI is InChI=1S/C28H23F3N6O/c1-17-15-36(16-34-17)25-12-20(28(29,30)31)11-24(22(25)13-21-14-33-26-4-2-3-9-37(21)26)35-27(38)19-6-5-18-7-8-32-23(18)10-19/h2-6,9-12,14-16,32H,7-8,13H2,1H3,(H,35,38). The molecule has 0 saturated heterocycles. The summed E-state index contributed by atoms with van der Waals surface area (Å²) < 4.78 is 45.5. The van der Waals surface area contributed by atoms with E-state index in [0.29, 0.717) is 22.5 Å². The second-order valence-corrected chi connectivity index (χ2v) is 9.30. The van der Waals surface area contributed by atoms with Gasteiger partial charge in [0.05, 0.1) is 23.3 Å². The van der Waals surface area contributed by atoms with E-state index >= 15 is 0 Å². The number of carbonyl (C=O) groups excluding carboxylic acids is 1. The van der Waals surface area contributed by atoms with Crippen LogP contribution in [0.1, 0.15) is 38.4 Å². The normalized spacial score (nSPS) is 12.9. The summed E-state index contributed by atoms with van der Waals surface area (Å²) in [5.41, 5.74) is 4.44. The Morgan fingerprint density at radius 1 is 1.13 bits per heavy atom. The minimum absolute atomic E-state index is 0.0746. The Morgan fingerprint density at radius 3 is 2.79 bits per heavy atom. The van der Waals surface area contributed by atoms with Crippen LogP contribution in [0.4, 0.5) is 24.5 Å². The molecule has 10 heteroatoms. The first-order valence-corrected chi connectivity index (χ1v) is 12.1. The highest BCUT2D eigenvalue weighted by atomic mass is 19.4. The van der Waals surface area contributed by atoms with Gasteiger partial charge in [-0.3, -0.25) is 4.79 Å². The number of nitrogens with zero attached hydrogens (tertiary/aromatic N) is 4. The lowest BCUT2D eigenvalue weighted by molar-refractivity contribution is -0.137. The highest BCUT2D eigenvalue weighted by molar-refractivity contribution is 6.05. The van der Waals surface area contributed by atoms with Crippen LogP contribution < -0.4 is 10.6 Å². The van der Waals surface area contributed by atoms with Crippen LogP contribution in [0.2, 0.25) is 0 Å². The highest BCUT2D eigenvalue weighted by Gasteiger charge is 2.33. The summed E-state index contributed by atoms with van der Waals surface area (Å²) in [6.07, 6.45) is 3.13. The number of imidazole rings is 2. The van der Waals surface area contributed by atoms with E-state index in [1.165, 1.54) is 6.33 Å². The second kappa shape index (κ2) is 9.05. The quantitative estimate of drug-likeness (QED) is 0.316. The highest BCUT2D eigenvalue weighted by Crippen LogP contribution is 2.37. The molecule has 4 heterocycles. The lowest BCUT2D eigenvalue weighted by atomic mass is 10.0. The van der Waals surface area contributed by atoms with Crippen LogP contribution in [0.3, 0.4) is 0 Å². The summed E-state index contributed by atoms with van der Waals surface area (Å²) in [6.45, 7) is 2.55. The number of amides is 1. The molecular formula is C28H23F3N6O. The maximum Gasteiger partial charge on any atom is 0.416 e. The van der Waals surface area contributed by atoms with Crippen molar-refractivity contribution >= 4 is 22.9 Å². The van der Waals surface area contributed by atoms with E-state index in [4.69, 9.17) is 0 Å².